The van der Waals surface area contributed by atoms with Gasteiger partial charge >= 0.3 is 0 Å². The van der Waals surface area contributed by atoms with Gasteiger partial charge in [-0.25, -0.2) is 0 Å². The molecular weight excluding hydrogens is 114 g/mol. The van der Waals surface area contributed by atoms with Crippen LogP contribution < -0.4 is 5.73 Å². The van der Waals surface area contributed by atoms with E-state index in [1.807, 2.05) is 27.7 Å². The predicted molar refractivity (Wildman–Crippen MR) is 43.5 cm³/mol. The maximum atomic E-state index is 7.81. The highest BCUT2D eigenvalue weighted by Crippen LogP contribution is 1.52. The van der Waals surface area contributed by atoms with E-state index in [9.17, 15) is 0 Å². The predicted octanol–water partition coefficient (Wildman–Crippen LogP) is 2.07. The van der Waals surface area contributed by atoms with Gasteiger partial charge in [0.2, 0.25) is 0 Å². The molecule has 58 valence electrons. The molecule has 0 aliphatic carbocycles. The van der Waals surface area contributed by atoms with Crippen LogP contribution in [0.25, 0.3) is 0 Å². The highest BCUT2D eigenvalue weighted by atomic mass is 16.2. The lowest BCUT2D eigenvalue weighted by molar-refractivity contribution is 0.472. The summed E-state index contributed by atoms with van der Waals surface area (Å²) in [5, 5.41) is 7.81. The third-order valence-corrected chi connectivity index (χ3v) is 0.241. The van der Waals surface area contributed by atoms with Crippen LogP contribution in [0.2, 0.25) is 0 Å². The Hall–Kier alpha value is -0.500. The molecule has 0 bridgehead atoms. The largest absolute Gasteiger partial charge is 0.516 e. The van der Waals surface area contributed by atoms with Crippen LogP contribution in [-0.4, -0.2) is 11.7 Å². The van der Waals surface area contributed by atoms with E-state index in [1.54, 1.807) is 0 Å². The van der Waals surface area contributed by atoms with Gasteiger partial charge in [-0.1, -0.05) is 27.7 Å². The van der Waals surface area contributed by atoms with Crippen molar-refractivity contribution in [2.45, 2.75) is 27.7 Å². The molecule has 0 aromatic rings. The van der Waals surface area contributed by atoms with Crippen LogP contribution in [0.5, 0.6) is 0 Å². The van der Waals surface area contributed by atoms with E-state index >= 15 is 0 Å². The fraction of sp³-hybridized carbons (Fsp3) is 0.714. The first-order valence-electron chi connectivity index (χ1n) is 3.41. The summed E-state index contributed by atoms with van der Waals surface area (Å²) < 4.78 is 0. The highest BCUT2D eigenvalue weighted by molar-refractivity contribution is 4.70. The molecule has 0 aliphatic heterocycles. The summed E-state index contributed by atoms with van der Waals surface area (Å²) in [5.74, 6) is 0. The summed E-state index contributed by atoms with van der Waals surface area (Å²) >= 11 is 0. The second-order valence-corrected chi connectivity index (χ2v) is 0.620. The fourth-order valence-corrected chi connectivity index (χ4v) is 0.0609. The Labute approximate surface area is 58.4 Å². The topological polar surface area (TPSA) is 46.2 Å². The van der Waals surface area contributed by atoms with Crippen LogP contribution >= 0.6 is 0 Å². The molecule has 0 aliphatic rings. The molecule has 0 atom stereocenters. The molecule has 0 unspecified atom stereocenters. The minimum Gasteiger partial charge on any atom is -0.516 e. The highest BCUT2D eigenvalue weighted by Gasteiger charge is 1.52. The molecular formula is C7H19NO. The second-order valence-electron chi connectivity index (χ2n) is 0.620. The van der Waals surface area contributed by atoms with Crippen LogP contribution in [0.3, 0.4) is 0 Å². The maximum Gasteiger partial charge on any atom is 0.0764 e. The Morgan fingerprint density at radius 3 is 1.56 bits per heavy atom. The first-order valence-corrected chi connectivity index (χ1v) is 3.41. The lowest BCUT2D eigenvalue weighted by atomic mass is 10.6. The van der Waals surface area contributed by atoms with E-state index in [0.717, 1.165) is 6.26 Å². The lowest BCUT2D eigenvalue weighted by Gasteiger charge is -1.67. The SMILES string of the molecule is CC.CC.NC/C=C\O. The molecule has 0 spiro atoms. The minimum absolute atomic E-state index is 0.413. The number of rotatable bonds is 1. The molecule has 0 saturated heterocycles. The number of aliphatic hydroxyl groups excluding tert-OH is 1. The molecule has 0 aromatic carbocycles. The van der Waals surface area contributed by atoms with Crippen LogP contribution in [0.15, 0.2) is 12.3 Å². The van der Waals surface area contributed by atoms with Gasteiger partial charge in [0.15, 0.2) is 0 Å². The fourth-order valence-electron chi connectivity index (χ4n) is 0.0609. The third kappa shape index (κ3) is 101. The van der Waals surface area contributed by atoms with Crippen molar-refractivity contribution in [2.75, 3.05) is 6.54 Å². The normalized spacial score (nSPS) is 6.78. The van der Waals surface area contributed by atoms with Gasteiger partial charge in [0.05, 0.1) is 6.26 Å². The first kappa shape index (κ1) is 15.8. The van der Waals surface area contributed by atoms with E-state index in [0.29, 0.717) is 6.54 Å². The van der Waals surface area contributed by atoms with Crippen molar-refractivity contribution < 1.29 is 5.11 Å². The molecule has 0 heterocycles. The average Bonchev–Trinajstić information content (AvgIpc) is 1.98. The molecule has 0 saturated carbocycles. The van der Waals surface area contributed by atoms with Gasteiger partial charge in [-0.15, -0.1) is 0 Å². The van der Waals surface area contributed by atoms with E-state index in [1.165, 1.54) is 6.08 Å². The van der Waals surface area contributed by atoms with E-state index in [4.69, 9.17) is 10.8 Å². The summed E-state index contributed by atoms with van der Waals surface area (Å²) in [4.78, 5) is 0. The van der Waals surface area contributed by atoms with Crippen molar-refractivity contribution in [3.63, 3.8) is 0 Å². The van der Waals surface area contributed by atoms with E-state index in [2.05, 4.69) is 0 Å². The standard InChI is InChI=1S/C3H7NO.2C2H6/c4-2-1-3-5;2*1-2/h1,3,5H,2,4H2;2*1-2H3/b3-1-;;. The van der Waals surface area contributed by atoms with Crippen molar-refractivity contribution in [3.05, 3.63) is 12.3 Å². The second kappa shape index (κ2) is 50.7. The number of nitrogens with two attached hydrogens (primary N) is 1. The van der Waals surface area contributed by atoms with Crippen molar-refractivity contribution in [1.29, 1.82) is 0 Å². The molecule has 3 N–H and O–H groups in total. The molecule has 0 aromatic heterocycles. The van der Waals surface area contributed by atoms with Gasteiger partial charge in [-0.05, 0) is 6.08 Å². The molecule has 2 nitrogen and oxygen atoms in total. The molecule has 0 amide bonds. The Bertz CT molecular complexity index is 35.9. The maximum absolute atomic E-state index is 7.81. The first-order chi connectivity index (χ1) is 4.41. The summed E-state index contributed by atoms with van der Waals surface area (Å²) in [6.45, 7) is 8.41. The minimum atomic E-state index is 0.413. The van der Waals surface area contributed by atoms with Gasteiger partial charge in [-0.2, -0.15) is 0 Å². The van der Waals surface area contributed by atoms with Crippen LogP contribution in [0.4, 0.5) is 0 Å². The van der Waals surface area contributed by atoms with Gasteiger partial charge in [0, 0.05) is 6.54 Å². The average molecular weight is 133 g/mol. The molecule has 0 rings (SSSR count). The number of hydrogen-bond acceptors (Lipinski definition) is 2. The third-order valence-electron chi connectivity index (χ3n) is 0.241. The van der Waals surface area contributed by atoms with Crippen LogP contribution in [0.1, 0.15) is 27.7 Å². The quantitative estimate of drug-likeness (QED) is 0.538. The van der Waals surface area contributed by atoms with Crippen molar-refractivity contribution >= 4 is 0 Å². The summed E-state index contributed by atoms with van der Waals surface area (Å²) in [6.07, 6.45) is 2.39. The summed E-state index contributed by atoms with van der Waals surface area (Å²) in [7, 11) is 0. The Balaban J connectivity index is -0.0000000771. The number of aliphatic hydroxyl groups is 1. The van der Waals surface area contributed by atoms with Crippen molar-refractivity contribution in [1.82, 2.24) is 0 Å². The molecule has 2 heteroatoms. The lowest BCUT2D eigenvalue weighted by Crippen LogP contribution is -1.91. The zero-order valence-corrected chi connectivity index (χ0v) is 6.89. The van der Waals surface area contributed by atoms with Crippen LogP contribution in [-0.2, 0) is 0 Å². The molecule has 0 fully saturated rings. The van der Waals surface area contributed by atoms with Crippen molar-refractivity contribution in [3.8, 4) is 0 Å². The zero-order chi connectivity index (χ0) is 8.12. The van der Waals surface area contributed by atoms with Gasteiger partial charge < -0.3 is 10.8 Å². The molecule has 9 heavy (non-hydrogen) atoms. The van der Waals surface area contributed by atoms with Gasteiger partial charge in [0.1, 0.15) is 0 Å². The van der Waals surface area contributed by atoms with Gasteiger partial charge in [0.25, 0.3) is 0 Å². The number of hydrogen-bond donors (Lipinski definition) is 2. The monoisotopic (exact) mass is 133 g/mol. The summed E-state index contributed by atoms with van der Waals surface area (Å²) in [6, 6.07) is 0. The van der Waals surface area contributed by atoms with E-state index < -0.39 is 0 Å². The van der Waals surface area contributed by atoms with Crippen LogP contribution in [0, 0.1) is 0 Å². The zero-order valence-electron chi connectivity index (χ0n) is 6.89. The Kier molecular flexibility index (Phi) is 89.0. The molecule has 0 radical (unpaired) electrons. The Morgan fingerprint density at radius 2 is 1.56 bits per heavy atom. The van der Waals surface area contributed by atoms with Gasteiger partial charge in [-0.3, -0.25) is 0 Å². The smallest absolute Gasteiger partial charge is 0.0764 e. The van der Waals surface area contributed by atoms with E-state index in [-0.39, 0.29) is 0 Å². The van der Waals surface area contributed by atoms with Crippen molar-refractivity contribution in [2.24, 2.45) is 5.73 Å². The summed E-state index contributed by atoms with van der Waals surface area (Å²) in [5.41, 5.74) is 4.89. The Morgan fingerprint density at radius 1 is 1.22 bits per heavy atom.